The van der Waals surface area contributed by atoms with E-state index in [1.54, 1.807) is 6.07 Å². The molecule has 1 aliphatic heterocycles. The first-order valence-electron chi connectivity index (χ1n) is 6.79. The summed E-state index contributed by atoms with van der Waals surface area (Å²) in [5.41, 5.74) is 6.74. The Morgan fingerprint density at radius 2 is 2.15 bits per heavy atom. The average Bonchev–Trinajstić information content (AvgIpc) is 3.08. The molecule has 0 spiro atoms. The zero-order valence-electron chi connectivity index (χ0n) is 11.1. The van der Waals surface area contributed by atoms with E-state index in [-0.39, 0.29) is 11.3 Å². The number of aromatic nitrogens is 2. The molecule has 108 valence electrons. The molecule has 1 fully saturated rings. The summed E-state index contributed by atoms with van der Waals surface area (Å²) in [7, 11) is 0. The fraction of sp³-hybridized carbons (Fsp3) is 0.538. The molecule has 0 amide bonds. The topological polar surface area (TPSA) is 81.3 Å². The number of nitrogens with zero attached hydrogens (tertiary/aromatic N) is 3. The number of hydrogen-bond acceptors (Lipinski definition) is 6. The molecule has 1 saturated heterocycles. The third-order valence-electron chi connectivity index (χ3n) is 3.53. The van der Waals surface area contributed by atoms with Gasteiger partial charge in [0.2, 0.25) is 5.22 Å². The molecule has 1 unspecified atom stereocenters. The highest BCUT2D eigenvalue weighted by atomic mass is 35.5. The number of hydrogen-bond donors (Lipinski definition) is 1. The highest BCUT2D eigenvalue weighted by Gasteiger charge is 2.21. The van der Waals surface area contributed by atoms with E-state index >= 15 is 0 Å². The van der Waals surface area contributed by atoms with Gasteiger partial charge in [0.1, 0.15) is 0 Å². The van der Waals surface area contributed by atoms with Crippen LogP contribution >= 0.6 is 11.6 Å². The van der Waals surface area contributed by atoms with Crippen LogP contribution in [0.1, 0.15) is 31.1 Å². The molecule has 0 aromatic carbocycles. The number of furan rings is 1. The summed E-state index contributed by atoms with van der Waals surface area (Å²) in [4.78, 5) is 6.65. The van der Waals surface area contributed by atoms with E-state index in [1.807, 2.05) is 0 Å². The summed E-state index contributed by atoms with van der Waals surface area (Å²) in [6.45, 7) is 2.93. The number of piperidine rings is 1. The Balaban J connectivity index is 1.68. The molecule has 2 N–H and O–H groups in total. The molecule has 0 aliphatic carbocycles. The lowest BCUT2D eigenvalue weighted by Crippen LogP contribution is -2.36. The van der Waals surface area contributed by atoms with Crippen LogP contribution in [0.5, 0.6) is 0 Å². The van der Waals surface area contributed by atoms with Crippen molar-refractivity contribution in [2.24, 2.45) is 5.73 Å². The molecule has 7 heteroatoms. The molecular weight excluding hydrogens is 280 g/mol. The van der Waals surface area contributed by atoms with Gasteiger partial charge < -0.3 is 19.6 Å². The quantitative estimate of drug-likeness (QED) is 0.933. The van der Waals surface area contributed by atoms with Crippen LogP contribution in [0.3, 0.4) is 0 Å². The summed E-state index contributed by atoms with van der Waals surface area (Å²) in [5.74, 6) is 0.843. The molecule has 0 bridgehead atoms. The normalized spacial score (nSPS) is 18.3. The molecule has 1 atom stereocenters. The highest BCUT2D eigenvalue weighted by molar-refractivity contribution is 6.31. The lowest BCUT2D eigenvalue weighted by Gasteiger charge is -2.27. The molecule has 1 aliphatic rings. The van der Waals surface area contributed by atoms with E-state index in [9.17, 15) is 0 Å². The lowest BCUT2D eigenvalue weighted by molar-refractivity contribution is 0.213. The molecule has 0 radical (unpaired) electrons. The van der Waals surface area contributed by atoms with Gasteiger partial charge in [0, 0.05) is 6.54 Å². The second kappa shape index (κ2) is 5.95. The first kappa shape index (κ1) is 13.6. The van der Waals surface area contributed by atoms with Gasteiger partial charge in [0.05, 0.1) is 17.9 Å². The van der Waals surface area contributed by atoms with Gasteiger partial charge in [-0.1, -0.05) is 11.6 Å². The minimum atomic E-state index is -0.253. The van der Waals surface area contributed by atoms with E-state index in [4.69, 9.17) is 26.3 Å². The number of likely N-dealkylation sites (tertiary alicyclic amines) is 1. The Morgan fingerprint density at radius 3 is 2.85 bits per heavy atom. The van der Waals surface area contributed by atoms with Gasteiger partial charge in [-0.3, -0.25) is 0 Å². The smallest absolute Gasteiger partial charge is 0.262 e. The van der Waals surface area contributed by atoms with E-state index in [2.05, 4.69) is 15.0 Å². The number of halogens is 1. The summed E-state index contributed by atoms with van der Waals surface area (Å²) in [6, 6.07) is 1.44. The largest absolute Gasteiger partial charge is 0.452 e. The van der Waals surface area contributed by atoms with Crippen LogP contribution in [0.15, 0.2) is 21.3 Å². The fourth-order valence-electron chi connectivity index (χ4n) is 2.44. The zero-order valence-corrected chi connectivity index (χ0v) is 11.8. The molecule has 3 heterocycles. The van der Waals surface area contributed by atoms with Crippen molar-refractivity contribution in [2.45, 2.75) is 25.3 Å². The van der Waals surface area contributed by atoms with Crippen LogP contribution in [0.2, 0.25) is 5.22 Å². The van der Waals surface area contributed by atoms with Gasteiger partial charge in [-0.05, 0) is 43.6 Å². The first-order valence-corrected chi connectivity index (χ1v) is 7.17. The first-order chi connectivity index (χ1) is 9.74. The van der Waals surface area contributed by atoms with E-state index < -0.39 is 0 Å². The van der Waals surface area contributed by atoms with Gasteiger partial charge in [-0.15, -0.1) is 0 Å². The molecular formula is C13H17ClN4O2. The maximum atomic E-state index is 6.15. The molecule has 2 aromatic heterocycles. The van der Waals surface area contributed by atoms with Crippen molar-refractivity contribution in [1.82, 2.24) is 15.0 Å². The molecule has 6 nitrogen and oxygen atoms in total. The average molecular weight is 297 g/mol. The van der Waals surface area contributed by atoms with Crippen molar-refractivity contribution in [3.05, 3.63) is 23.4 Å². The van der Waals surface area contributed by atoms with Crippen molar-refractivity contribution in [1.29, 1.82) is 0 Å². The van der Waals surface area contributed by atoms with Crippen LogP contribution in [0.25, 0.3) is 11.5 Å². The highest BCUT2D eigenvalue weighted by Crippen LogP contribution is 2.28. The third-order valence-corrected chi connectivity index (χ3v) is 3.82. The maximum Gasteiger partial charge on any atom is 0.262 e. The Morgan fingerprint density at radius 1 is 1.35 bits per heavy atom. The van der Waals surface area contributed by atoms with Crippen LogP contribution in [0, 0.1) is 0 Å². The van der Waals surface area contributed by atoms with Crippen molar-refractivity contribution < 1.29 is 8.94 Å². The van der Waals surface area contributed by atoms with Crippen molar-refractivity contribution >= 4 is 11.6 Å². The monoisotopic (exact) mass is 296 g/mol. The van der Waals surface area contributed by atoms with Crippen LogP contribution in [-0.2, 0) is 0 Å². The summed E-state index contributed by atoms with van der Waals surface area (Å²) in [6.07, 6.45) is 5.25. The molecule has 0 saturated carbocycles. The van der Waals surface area contributed by atoms with Crippen molar-refractivity contribution in [2.75, 3.05) is 19.6 Å². The fourth-order valence-corrected chi connectivity index (χ4v) is 2.64. The van der Waals surface area contributed by atoms with Gasteiger partial charge >= 0.3 is 0 Å². The predicted molar refractivity (Wildman–Crippen MR) is 74.2 cm³/mol. The number of nitrogens with two attached hydrogens (primary N) is 1. The SMILES string of the molecule is NC(CN1CCCCC1)c1noc(-c2ccoc2Cl)n1. The molecule has 2 aromatic rings. The third kappa shape index (κ3) is 2.87. The van der Waals surface area contributed by atoms with Crippen LogP contribution in [-0.4, -0.2) is 34.7 Å². The minimum Gasteiger partial charge on any atom is -0.452 e. The van der Waals surface area contributed by atoms with Crippen LogP contribution in [0.4, 0.5) is 0 Å². The maximum absolute atomic E-state index is 6.15. The Kier molecular flexibility index (Phi) is 4.05. The van der Waals surface area contributed by atoms with Gasteiger partial charge in [0.25, 0.3) is 5.89 Å². The summed E-state index contributed by atoms with van der Waals surface area (Å²) >= 11 is 5.88. The summed E-state index contributed by atoms with van der Waals surface area (Å²) in [5, 5.41) is 4.18. The van der Waals surface area contributed by atoms with E-state index in [0.717, 1.165) is 19.6 Å². The minimum absolute atomic E-state index is 0.241. The van der Waals surface area contributed by atoms with E-state index in [0.29, 0.717) is 17.3 Å². The van der Waals surface area contributed by atoms with Gasteiger partial charge in [-0.2, -0.15) is 4.98 Å². The standard InChI is InChI=1S/C13H17ClN4O2/c14-11-9(4-7-19-11)13-16-12(17-20-13)10(15)8-18-5-2-1-3-6-18/h4,7,10H,1-3,5-6,8,15H2. The molecule has 20 heavy (non-hydrogen) atoms. The predicted octanol–water partition coefficient (Wildman–Crippen LogP) is 2.47. The number of rotatable bonds is 4. The summed E-state index contributed by atoms with van der Waals surface area (Å²) < 4.78 is 10.2. The lowest BCUT2D eigenvalue weighted by atomic mass is 10.1. The van der Waals surface area contributed by atoms with E-state index in [1.165, 1.54) is 25.5 Å². The van der Waals surface area contributed by atoms with Crippen molar-refractivity contribution in [3.8, 4) is 11.5 Å². The van der Waals surface area contributed by atoms with Gasteiger partial charge in [0.15, 0.2) is 5.82 Å². The van der Waals surface area contributed by atoms with Gasteiger partial charge in [-0.25, -0.2) is 0 Å². The van der Waals surface area contributed by atoms with Crippen LogP contribution < -0.4 is 5.73 Å². The zero-order chi connectivity index (χ0) is 13.9. The second-order valence-corrected chi connectivity index (χ2v) is 5.38. The Hall–Kier alpha value is -1.37. The Bertz CT molecular complexity index is 562. The second-order valence-electron chi connectivity index (χ2n) is 5.03. The molecule has 3 rings (SSSR count). The Labute approximate surface area is 121 Å². The van der Waals surface area contributed by atoms with Crippen molar-refractivity contribution in [3.63, 3.8) is 0 Å².